The van der Waals surface area contributed by atoms with Crippen LogP contribution in [0.5, 0.6) is 11.5 Å². The zero-order chi connectivity index (χ0) is 14.8. The SMILES string of the molecule is N#C/C(=C/c1ccc(Cl)cc1Cl)c1ccc2c(c1)OCO2. The molecule has 2 aromatic carbocycles. The van der Waals surface area contributed by atoms with Crippen LogP contribution in [-0.2, 0) is 0 Å². The third-order valence-electron chi connectivity index (χ3n) is 3.07. The average molecular weight is 318 g/mol. The monoisotopic (exact) mass is 317 g/mol. The number of hydrogen-bond acceptors (Lipinski definition) is 3. The molecule has 1 aliphatic rings. The van der Waals surface area contributed by atoms with E-state index in [1.807, 2.05) is 6.07 Å². The third kappa shape index (κ3) is 2.82. The Morgan fingerprint density at radius 1 is 1.10 bits per heavy atom. The van der Waals surface area contributed by atoms with E-state index >= 15 is 0 Å². The first-order valence-corrected chi connectivity index (χ1v) is 6.90. The lowest BCUT2D eigenvalue weighted by Gasteiger charge is -2.03. The predicted octanol–water partition coefficient (Wildman–Crippen LogP) is 4.79. The molecule has 0 spiro atoms. The van der Waals surface area contributed by atoms with Crippen molar-refractivity contribution in [2.45, 2.75) is 0 Å². The lowest BCUT2D eigenvalue weighted by atomic mass is 10.0. The van der Waals surface area contributed by atoms with E-state index in [0.717, 1.165) is 11.1 Å². The van der Waals surface area contributed by atoms with E-state index in [4.69, 9.17) is 32.7 Å². The van der Waals surface area contributed by atoms with Gasteiger partial charge in [-0.2, -0.15) is 5.26 Å². The van der Waals surface area contributed by atoms with Crippen LogP contribution in [0.15, 0.2) is 36.4 Å². The molecule has 0 unspecified atom stereocenters. The van der Waals surface area contributed by atoms with Crippen molar-refractivity contribution < 1.29 is 9.47 Å². The van der Waals surface area contributed by atoms with E-state index in [1.54, 1.807) is 36.4 Å². The lowest BCUT2D eigenvalue weighted by molar-refractivity contribution is 0.174. The minimum Gasteiger partial charge on any atom is -0.454 e. The number of nitriles is 1. The van der Waals surface area contributed by atoms with Crippen LogP contribution in [0.25, 0.3) is 11.6 Å². The van der Waals surface area contributed by atoms with Crippen molar-refractivity contribution in [2.75, 3.05) is 6.79 Å². The molecule has 2 aromatic rings. The summed E-state index contributed by atoms with van der Waals surface area (Å²) in [6, 6.07) is 12.7. The van der Waals surface area contributed by atoms with Gasteiger partial charge < -0.3 is 9.47 Å². The van der Waals surface area contributed by atoms with Gasteiger partial charge in [0.2, 0.25) is 6.79 Å². The van der Waals surface area contributed by atoms with Gasteiger partial charge in [-0.3, -0.25) is 0 Å². The highest BCUT2D eigenvalue weighted by atomic mass is 35.5. The molecule has 0 atom stereocenters. The van der Waals surface area contributed by atoms with Crippen molar-refractivity contribution in [3.8, 4) is 17.6 Å². The first-order valence-electron chi connectivity index (χ1n) is 6.14. The van der Waals surface area contributed by atoms with Gasteiger partial charge in [0.25, 0.3) is 0 Å². The molecule has 1 heterocycles. The van der Waals surface area contributed by atoms with Crippen molar-refractivity contribution in [1.29, 1.82) is 5.26 Å². The minimum absolute atomic E-state index is 0.202. The molecule has 5 heteroatoms. The minimum atomic E-state index is 0.202. The fourth-order valence-corrected chi connectivity index (χ4v) is 2.48. The van der Waals surface area contributed by atoms with E-state index in [2.05, 4.69) is 6.07 Å². The molecule has 3 rings (SSSR count). The second-order valence-corrected chi connectivity index (χ2v) is 5.25. The molecular formula is C16H9Cl2NO2. The Morgan fingerprint density at radius 3 is 2.67 bits per heavy atom. The van der Waals surface area contributed by atoms with Crippen molar-refractivity contribution in [1.82, 2.24) is 0 Å². The van der Waals surface area contributed by atoms with Crippen LogP contribution in [0.2, 0.25) is 10.0 Å². The molecule has 0 N–H and O–H groups in total. The van der Waals surface area contributed by atoms with E-state index in [-0.39, 0.29) is 6.79 Å². The average Bonchev–Trinajstić information content (AvgIpc) is 2.94. The molecule has 0 aliphatic carbocycles. The Balaban J connectivity index is 2.02. The normalized spacial score (nSPS) is 13.1. The van der Waals surface area contributed by atoms with Crippen LogP contribution >= 0.6 is 23.2 Å². The zero-order valence-electron chi connectivity index (χ0n) is 10.8. The van der Waals surface area contributed by atoms with Gasteiger partial charge in [-0.15, -0.1) is 0 Å². The Morgan fingerprint density at radius 2 is 1.90 bits per heavy atom. The van der Waals surface area contributed by atoms with Crippen LogP contribution in [0.3, 0.4) is 0 Å². The van der Waals surface area contributed by atoms with Gasteiger partial charge in [0.15, 0.2) is 11.5 Å². The van der Waals surface area contributed by atoms with E-state index in [0.29, 0.717) is 27.1 Å². The number of halogens is 2. The highest BCUT2D eigenvalue weighted by Crippen LogP contribution is 2.35. The first-order chi connectivity index (χ1) is 10.2. The number of rotatable bonds is 2. The standard InChI is InChI=1S/C16H9Cl2NO2/c17-13-3-1-11(14(18)7-13)5-12(8-19)10-2-4-15-16(6-10)21-9-20-15/h1-7H,9H2/b12-5-. The smallest absolute Gasteiger partial charge is 0.231 e. The quantitative estimate of drug-likeness (QED) is 0.591. The molecule has 104 valence electrons. The molecule has 0 bridgehead atoms. The number of ether oxygens (including phenoxy) is 2. The maximum atomic E-state index is 9.38. The van der Waals surface area contributed by atoms with Crippen LogP contribution in [0.1, 0.15) is 11.1 Å². The molecule has 0 radical (unpaired) electrons. The van der Waals surface area contributed by atoms with Crippen molar-refractivity contribution in [3.05, 3.63) is 57.6 Å². The van der Waals surface area contributed by atoms with Crippen molar-refractivity contribution in [2.24, 2.45) is 0 Å². The van der Waals surface area contributed by atoms with Gasteiger partial charge in [-0.25, -0.2) is 0 Å². The van der Waals surface area contributed by atoms with E-state index in [9.17, 15) is 5.26 Å². The highest BCUT2D eigenvalue weighted by Gasteiger charge is 2.14. The molecule has 21 heavy (non-hydrogen) atoms. The summed E-state index contributed by atoms with van der Waals surface area (Å²) >= 11 is 12.0. The molecular weight excluding hydrogens is 309 g/mol. The molecule has 0 aromatic heterocycles. The van der Waals surface area contributed by atoms with Crippen LogP contribution in [0.4, 0.5) is 0 Å². The van der Waals surface area contributed by atoms with Gasteiger partial charge in [0.05, 0.1) is 11.6 Å². The first kappa shape index (κ1) is 13.8. The summed E-state index contributed by atoms with van der Waals surface area (Å²) < 4.78 is 10.6. The zero-order valence-corrected chi connectivity index (χ0v) is 12.3. The Kier molecular flexibility index (Phi) is 3.74. The molecule has 0 amide bonds. The van der Waals surface area contributed by atoms with Gasteiger partial charge in [0, 0.05) is 10.0 Å². The topological polar surface area (TPSA) is 42.2 Å². The fourth-order valence-electron chi connectivity index (χ4n) is 2.02. The Hall–Kier alpha value is -2.15. The number of nitrogens with zero attached hydrogens (tertiary/aromatic N) is 1. The Bertz CT molecular complexity index is 778. The number of fused-ring (bicyclic) bond motifs is 1. The van der Waals surface area contributed by atoms with Crippen molar-refractivity contribution >= 4 is 34.9 Å². The maximum absolute atomic E-state index is 9.38. The molecule has 1 aliphatic heterocycles. The number of allylic oxidation sites excluding steroid dienone is 1. The summed E-state index contributed by atoms with van der Waals surface area (Å²) in [6.07, 6.45) is 1.72. The highest BCUT2D eigenvalue weighted by molar-refractivity contribution is 6.35. The fraction of sp³-hybridized carbons (Fsp3) is 0.0625. The second-order valence-electron chi connectivity index (χ2n) is 4.40. The van der Waals surface area contributed by atoms with Crippen LogP contribution in [0, 0.1) is 11.3 Å². The number of hydrogen-bond donors (Lipinski definition) is 0. The molecule has 0 fully saturated rings. The van der Waals surface area contributed by atoms with Gasteiger partial charge in [-0.05, 0) is 47.5 Å². The second kappa shape index (κ2) is 5.69. The van der Waals surface area contributed by atoms with Gasteiger partial charge in [-0.1, -0.05) is 29.3 Å². The summed E-state index contributed by atoms with van der Waals surface area (Å²) in [7, 11) is 0. The third-order valence-corrected chi connectivity index (χ3v) is 3.63. The van der Waals surface area contributed by atoms with Crippen LogP contribution < -0.4 is 9.47 Å². The van der Waals surface area contributed by atoms with E-state index < -0.39 is 0 Å². The maximum Gasteiger partial charge on any atom is 0.231 e. The lowest BCUT2D eigenvalue weighted by Crippen LogP contribution is -1.92. The van der Waals surface area contributed by atoms with Gasteiger partial charge >= 0.3 is 0 Å². The van der Waals surface area contributed by atoms with Crippen molar-refractivity contribution in [3.63, 3.8) is 0 Å². The summed E-state index contributed by atoms with van der Waals surface area (Å²) in [5, 5.41) is 10.4. The Labute approximate surface area is 131 Å². The predicted molar refractivity (Wildman–Crippen MR) is 82.5 cm³/mol. The summed E-state index contributed by atoms with van der Waals surface area (Å²) in [5.41, 5.74) is 1.96. The van der Waals surface area contributed by atoms with Crippen LogP contribution in [-0.4, -0.2) is 6.79 Å². The summed E-state index contributed by atoms with van der Waals surface area (Å²) in [6.45, 7) is 0.202. The van der Waals surface area contributed by atoms with E-state index in [1.165, 1.54) is 0 Å². The largest absolute Gasteiger partial charge is 0.454 e. The van der Waals surface area contributed by atoms with Gasteiger partial charge in [0.1, 0.15) is 0 Å². The molecule has 3 nitrogen and oxygen atoms in total. The molecule has 0 saturated carbocycles. The molecule has 0 saturated heterocycles. The summed E-state index contributed by atoms with van der Waals surface area (Å²) in [5.74, 6) is 1.32. The summed E-state index contributed by atoms with van der Waals surface area (Å²) in [4.78, 5) is 0. The number of benzene rings is 2.